The van der Waals surface area contributed by atoms with Crippen LogP contribution in [0.2, 0.25) is 0 Å². The van der Waals surface area contributed by atoms with Crippen molar-refractivity contribution in [2.24, 2.45) is 0 Å². The van der Waals surface area contributed by atoms with Crippen LogP contribution in [-0.4, -0.2) is 23.9 Å². The number of rotatable bonds is 6. The lowest BCUT2D eigenvalue weighted by atomic mass is 10.0. The minimum absolute atomic E-state index is 0.00180. The fraction of sp³-hybridized carbons (Fsp3) is 0.435. The van der Waals surface area contributed by atoms with Crippen LogP contribution in [-0.2, 0) is 6.54 Å². The first-order valence-corrected chi connectivity index (χ1v) is 9.84. The van der Waals surface area contributed by atoms with E-state index < -0.39 is 0 Å². The van der Waals surface area contributed by atoms with Crippen LogP contribution in [0.4, 0.5) is 0 Å². The number of nitrogens with zero attached hydrogens (tertiary/aromatic N) is 1. The Morgan fingerprint density at radius 3 is 2.27 bits per heavy atom. The quantitative estimate of drug-likeness (QED) is 0.807. The third-order valence-electron chi connectivity index (χ3n) is 5.26. The molecule has 1 aliphatic rings. The number of hydrogen-bond donors (Lipinski definition) is 1. The molecular formula is C23H30N2O. The molecule has 3 heteroatoms. The molecule has 1 atom stereocenters. The predicted octanol–water partition coefficient (Wildman–Crippen LogP) is 4.86. The summed E-state index contributed by atoms with van der Waals surface area (Å²) >= 11 is 0. The van der Waals surface area contributed by atoms with Crippen LogP contribution in [0, 0.1) is 6.92 Å². The third kappa shape index (κ3) is 4.95. The summed E-state index contributed by atoms with van der Waals surface area (Å²) in [6.45, 7) is 7.55. The number of carbonyl (C=O) groups excluding carboxylic acids is 1. The van der Waals surface area contributed by atoms with Gasteiger partial charge in [0.1, 0.15) is 0 Å². The van der Waals surface area contributed by atoms with E-state index in [1.807, 2.05) is 12.1 Å². The first-order valence-electron chi connectivity index (χ1n) is 9.84. The number of hydrogen-bond acceptors (Lipinski definition) is 2. The van der Waals surface area contributed by atoms with E-state index in [0.717, 1.165) is 24.1 Å². The van der Waals surface area contributed by atoms with E-state index in [-0.39, 0.29) is 11.9 Å². The summed E-state index contributed by atoms with van der Waals surface area (Å²) in [7, 11) is 0. The lowest BCUT2D eigenvalue weighted by molar-refractivity contribution is 0.0935. The number of carbonyl (C=O) groups is 1. The molecule has 1 fully saturated rings. The zero-order valence-electron chi connectivity index (χ0n) is 16.0. The smallest absolute Gasteiger partial charge is 0.251 e. The van der Waals surface area contributed by atoms with Gasteiger partial charge in [0.25, 0.3) is 5.91 Å². The zero-order chi connectivity index (χ0) is 18.4. The molecule has 1 amide bonds. The van der Waals surface area contributed by atoms with Gasteiger partial charge in [0.15, 0.2) is 0 Å². The molecule has 0 spiro atoms. The SMILES string of the molecule is CC[C@@H](NC(=O)c1ccc(CN2CCCCC2)cc1)c1ccc(C)cc1. The van der Waals surface area contributed by atoms with Gasteiger partial charge in [-0.1, -0.05) is 55.3 Å². The van der Waals surface area contributed by atoms with Gasteiger partial charge in [-0.2, -0.15) is 0 Å². The summed E-state index contributed by atoms with van der Waals surface area (Å²) < 4.78 is 0. The fourth-order valence-electron chi connectivity index (χ4n) is 3.60. The Morgan fingerprint density at radius 1 is 1.00 bits per heavy atom. The zero-order valence-corrected chi connectivity index (χ0v) is 16.0. The number of piperidine rings is 1. The Kier molecular flexibility index (Phi) is 6.45. The van der Waals surface area contributed by atoms with Gasteiger partial charge in [-0.25, -0.2) is 0 Å². The maximum atomic E-state index is 12.6. The Hall–Kier alpha value is -2.13. The van der Waals surface area contributed by atoms with Crippen molar-refractivity contribution in [1.29, 1.82) is 0 Å². The monoisotopic (exact) mass is 350 g/mol. The molecule has 0 bridgehead atoms. The second-order valence-electron chi connectivity index (χ2n) is 7.38. The lowest BCUT2D eigenvalue weighted by Gasteiger charge is -2.26. The van der Waals surface area contributed by atoms with Crippen molar-refractivity contribution in [1.82, 2.24) is 10.2 Å². The van der Waals surface area contributed by atoms with Gasteiger partial charge in [-0.15, -0.1) is 0 Å². The van der Waals surface area contributed by atoms with Crippen LogP contribution in [0.5, 0.6) is 0 Å². The lowest BCUT2D eigenvalue weighted by Crippen LogP contribution is -2.29. The second kappa shape index (κ2) is 9.00. The van der Waals surface area contributed by atoms with Crippen LogP contribution in [0.3, 0.4) is 0 Å². The molecule has 1 heterocycles. The fourth-order valence-corrected chi connectivity index (χ4v) is 3.60. The van der Waals surface area contributed by atoms with Crippen LogP contribution in [0.25, 0.3) is 0 Å². The van der Waals surface area contributed by atoms with E-state index >= 15 is 0 Å². The summed E-state index contributed by atoms with van der Waals surface area (Å²) in [6.07, 6.45) is 4.84. The van der Waals surface area contributed by atoms with E-state index in [2.05, 4.69) is 60.5 Å². The average molecular weight is 351 g/mol. The van der Waals surface area contributed by atoms with Crippen LogP contribution in [0.15, 0.2) is 48.5 Å². The second-order valence-corrected chi connectivity index (χ2v) is 7.38. The highest BCUT2D eigenvalue weighted by Gasteiger charge is 2.15. The van der Waals surface area contributed by atoms with Crippen molar-refractivity contribution in [3.8, 4) is 0 Å². The van der Waals surface area contributed by atoms with Crippen molar-refractivity contribution < 1.29 is 4.79 Å². The number of aryl methyl sites for hydroxylation is 1. The summed E-state index contributed by atoms with van der Waals surface area (Å²) in [5, 5.41) is 3.17. The van der Waals surface area contributed by atoms with Gasteiger partial charge in [0.05, 0.1) is 6.04 Å². The van der Waals surface area contributed by atoms with E-state index in [1.165, 1.54) is 43.5 Å². The normalized spacial score (nSPS) is 16.2. The average Bonchev–Trinajstić information content (AvgIpc) is 2.68. The number of nitrogens with one attached hydrogen (secondary N) is 1. The molecule has 0 aliphatic carbocycles. The highest BCUT2D eigenvalue weighted by molar-refractivity contribution is 5.94. The van der Waals surface area contributed by atoms with Crippen LogP contribution >= 0.6 is 0 Å². The van der Waals surface area contributed by atoms with Gasteiger partial charge in [-0.05, 0) is 62.5 Å². The van der Waals surface area contributed by atoms with Crippen molar-refractivity contribution in [3.05, 3.63) is 70.8 Å². The van der Waals surface area contributed by atoms with Gasteiger partial charge in [-0.3, -0.25) is 9.69 Å². The molecule has 138 valence electrons. The van der Waals surface area contributed by atoms with Gasteiger partial charge < -0.3 is 5.32 Å². The van der Waals surface area contributed by atoms with Crippen LogP contribution in [0.1, 0.15) is 65.7 Å². The standard InChI is InChI=1S/C23H30N2O/c1-3-22(20-11-7-18(2)8-12-20)24-23(26)21-13-9-19(10-14-21)17-25-15-5-4-6-16-25/h7-14,22H,3-6,15-17H2,1-2H3,(H,24,26)/t22-/m1/s1. The molecule has 3 rings (SSSR count). The van der Waals surface area contributed by atoms with Gasteiger partial charge in [0, 0.05) is 12.1 Å². The molecule has 3 nitrogen and oxygen atoms in total. The minimum atomic E-state index is 0.00180. The molecular weight excluding hydrogens is 320 g/mol. The van der Waals surface area contributed by atoms with Crippen molar-refractivity contribution in [3.63, 3.8) is 0 Å². The van der Waals surface area contributed by atoms with Crippen LogP contribution < -0.4 is 5.32 Å². The molecule has 0 saturated carbocycles. The van der Waals surface area contributed by atoms with Gasteiger partial charge in [0.2, 0.25) is 0 Å². The maximum Gasteiger partial charge on any atom is 0.251 e. The van der Waals surface area contributed by atoms with Crippen molar-refractivity contribution >= 4 is 5.91 Å². The highest BCUT2D eigenvalue weighted by atomic mass is 16.1. The van der Waals surface area contributed by atoms with E-state index in [1.54, 1.807) is 0 Å². The maximum absolute atomic E-state index is 12.6. The molecule has 0 aromatic heterocycles. The van der Waals surface area contributed by atoms with E-state index in [4.69, 9.17) is 0 Å². The summed E-state index contributed by atoms with van der Waals surface area (Å²) in [4.78, 5) is 15.1. The van der Waals surface area contributed by atoms with Crippen molar-refractivity contribution in [2.75, 3.05) is 13.1 Å². The highest BCUT2D eigenvalue weighted by Crippen LogP contribution is 2.18. The molecule has 0 radical (unpaired) electrons. The molecule has 2 aromatic carbocycles. The molecule has 1 saturated heterocycles. The van der Waals surface area contributed by atoms with Crippen molar-refractivity contribution in [2.45, 2.75) is 52.1 Å². The molecule has 2 aromatic rings. The molecule has 1 aliphatic heterocycles. The summed E-state index contributed by atoms with van der Waals surface area (Å²) in [5.41, 5.74) is 4.42. The number of amides is 1. The molecule has 1 N–H and O–H groups in total. The molecule has 26 heavy (non-hydrogen) atoms. The van der Waals surface area contributed by atoms with E-state index in [9.17, 15) is 4.79 Å². The number of likely N-dealkylation sites (tertiary alicyclic amines) is 1. The Morgan fingerprint density at radius 2 is 1.65 bits per heavy atom. The van der Waals surface area contributed by atoms with Gasteiger partial charge >= 0.3 is 0 Å². The predicted molar refractivity (Wildman–Crippen MR) is 107 cm³/mol. The first-order chi connectivity index (χ1) is 12.7. The number of benzene rings is 2. The Labute approximate surface area is 157 Å². The third-order valence-corrected chi connectivity index (χ3v) is 5.26. The summed E-state index contributed by atoms with van der Waals surface area (Å²) in [5.74, 6) is 0.00180. The Bertz CT molecular complexity index is 700. The first kappa shape index (κ1) is 18.7. The molecule has 0 unspecified atom stereocenters. The Balaban J connectivity index is 1.60. The largest absolute Gasteiger partial charge is 0.345 e. The van der Waals surface area contributed by atoms with E-state index in [0.29, 0.717) is 0 Å². The topological polar surface area (TPSA) is 32.3 Å². The minimum Gasteiger partial charge on any atom is -0.345 e. The summed E-state index contributed by atoms with van der Waals surface area (Å²) in [6, 6.07) is 16.5.